The Morgan fingerprint density at radius 1 is 1.28 bits per heavy atom. The monoisotopic (exact) mass is 358 g/mol. The van der Waals surface area contributed by atoms with Gasteiger partial charge in [-0.3, -0.25) is 4.90 Å². The number of nitrogens with one attached hydrogen (secondary N) is 1. The third kappa shape index (κ3) is 4.19. The summed E-state index contributed by atoms with van der Waals surface area (Å²) in [5.74, 6) is 0.732. The molecule has 2 fully saturated rings. The highest BCUT2D eigenvalue weighted by Crippen LogP contribution is 2.36. The predicted molar refractivity (Wildman–Crippen MR) is 101 cm³/mol. The van der Waals surface area contributed by atoms with Crippen molar-refractivity contribution >= 4 is 17.3 Å². The summed E-state index contributed by atoms with van der Waals surface area (Å²) in [6, 6.07) is 6.74. The fourth-order valence-electron chi connectivity index (χ4n) is 3.96. The van der Waals surface area contributed by atoms with Crippen molar-refractivity contribution in [3.63, 3.8) is 0 Å². The lowest BCUT2D eigenvalue weighted by atomic mass is 9.82. The molecule has 0 aliphatic carbocycles. The Kier molecular flexibility index (Phi) is 5.01. The van der Waals surface area contributed by atoms with Crippen molar-refractivity contribution < 1.29 is 4.74 Å². The number of ether oxygens (including phenoxy) is 1. The van der Waals surface area contributed by atoms with E-state index in [1.54, 1.807) is 12.4 Å². The van der Waals surface area contributed by atoms with Crippen LogP contribution in [-0.4, -0.2) is 46.2 Å². The van der Waals surface area contributed by atoms with Crippen LogP contribution in [-0.2, 0) is 11.3 Å². The molecule has 0 aromatic carbocycles. The van der Waals surface area contributed by atoms with Crippen molar-refractivity contribution in [1.82, 2.24) is 14.9 Å². The molecule has 2 saturated heterocycles. The van der Waals surface area contributed by atoms with E-state index in [0.29, 0.717) is 6.04 Å². The van der Waals surface area contributed by atoms with E-state index in [0.717, 1.165) is 57.9 Å². The standard InChI is InChI=1S/C19H26N4OS/c1-15-3-4-17(25-15)14-23-10-6-19(7-11-23)13-16(5-12-24-19)22-18-20-8-2-9-21-18/h2-4,8-9,16H,5-7,10-14H2,1H3,(H,20,21,22)/t16-/m1/s1. The number of piperidine rings is 1. The number of aryl methyl sites for hydroxylation is 1. The molecule has 0 bridgehead atoms. The van der Waals surface area contributed by atoms with Crippen LogP contribution in [0, 0.1) is 6.92 Å². The minimum absolute atomic E-state index is 0.0343. The van der Waals surface area contributed by atoms with E-state index < -0.39 is 0 Å². The molecule has 2 aliphatic heterocycles. The second kappa shape index (κ2) is 7.40. The summed E-state index contributed by atoms with van der Waals surface area (Å²) >= 11 is 1.91. The minimum atomic E-state index is 0.0343. The molecule has 0 amide bonds. The molecule has 0 unspecified atom stereocenters. The first-order valence-corrected chi connectivity index (χ1v) is 9.98. The maximum atomic E-state index is 6.27. The highest BCUT2D eigenvalue weighted by molar-refractivity contribution is 7.11. The van der Waals surface area contributed by atoms with Gasteiger partial charge in [0, 0.05) is 54.4 Å². The van der Waals surface area contributed by atoms with Gasteiger partial charge >= 0.3 is 0 Å². The van der Waals surface area contributed by atoms with Gasteiger partial charge in [-0.05, 0) is 50.8 Å². The molecule has 1 spiro atoms. The average Bonchev–Trinajstić information content (AvgIpc) is 3.03. The summed E-state index contributed by atoms with van der Waals surface area (Å²) in [7, 11) is 0. The molecule has 0 radical (unpaired) electrons. The molecule has 2 aliphatic rings. The van der Waals surface area contributed by atoms with E-state index in [9.17, 15) is 0 Å². The summed E-state index contributed by atoms with van der Waals surface area (Å²) in [5.41, 5.74) is 0.0343. The van der Waals surface area contributed by atoms with Crippen LogP contribution in [0.4, 0.5) is 5.95 Å². The molecule has 134 valence electrons. The van der Waals surface area contributed by atoms with E-state index in [1.807, 2.05) is 17.4 Å². The van der Waals surface area contributed by atoms with Gasteiger partial charge in [-0.25, -0.2) is 9.97 Å². The number of rotatable bonds is 4. The molecule has 6 heteroatoms. The zero-order chi connectivity index (χ0) is 17.1. The van der Waals surface area contributed by atoms with E-state index in [-0.39, 0.29) is 5.60 Å². The van der Waals surface area contributed by atoms with Crippen LogP contribution in [0.1, 0.15) is 35.4 Å². The first-order chi connectivity index (χ1) is 12.2. The van der Waals surface area contributed by atoms with Crippen molar-refractivity contribution in [2.75, 3.05) is 25.0 Å². The molecule has 0 saturated carbocycles. The Bertz CT molecular complexity index is 682. The third-order valence-corrected chi connectivity index (χ3v) is 6.32. The molecule has 2 aromatic heterocycles. The molecular formula is C19H26N4OS. The van der Waals surface area contributed by atoms with Gasteiger partial charge in [-0.15, -0.1) is 11.3 Å². The van der Waals surface area contributed by atoms with Gasteiger partial charge < -0.3 is 10.1 Å². The van der Waals surface area contributed by atoms with E-state index in [4.69, 9.17) is 4.74 Å². The summed E-state index contributed by atoms with van der Waals surface area (Å²) in [5, 5.41) is 3.49. The van der Waals surface area contributed by atoms with Gasteiger partial charge in [0.2, 0.25) is 5.95 Å². The zero-order valence-corrected chi connectivity index (χ0v) is 15.6. The topological polar surface area (TPSA) is 50.3 Å². The van der Waals surface area contributed by atoms with Gasteiger partial charge in [0.05, 0.1) is 5.60 Å². The van der Waals surface area contributed by atoms with Crippen LogP contribution in [0.25, 0.3) is 0 Å². The lowest BCUT2D eigenvalue weighted by Gasteiger charge is -2.46. The lowest BCUT2D eigenvalue weighted by molar-refractivity contribution is -0.115. The van der Waals surface area contributed by atoms with Crippen molar-refractivity contribution in [2.45, 2.75) is 50.8 Å². The number of anilines is 1. The van der Waals surface area contributed by atoms with Crippen LogP contribution in [0.15, 0.2) is 30.6 Å². The second-order valence-electron chi connectivity index (χ2n) is 7.23. The molecule has 4 rings (SSSR count). The number of hydrogen-bond acceptors (Lipinski definition) is 6. The van der Waals surface area contributed by atoms with Gasteiger partial charge in [0.25, 0.3) is 0 Å². The van der Waals surface area contributed by atoms with Crippen molar-refractivity contribution in [2.24, 2.45) is 0 Å². The van der Waals surface area contributed by atoms with Crippen LogP contribution >= 0.6 is 11.3 Å². The maximum Gasteiger partial charge on any atom is 0.222 e. The number of likely N-dealkylation sites (tertiary alicyclic amines) is 1. The molecule has 2 aromatic rings. The molecule has 1 N–H and O–H groups in total. The van der Waals surface area contributed by atoms with E-state index in [2.05, 4.69) is 39.2 Å². The fourth-order valence-corrected chi connectivity index (χ4v) is 4.90. The summed E-state index contributed by atoms with van der Waals surface area (Å²) < 4.78 is 6.27. The zero-order valence-electron chi connectivity index (χ0n) is 14.8. The number of thiophene rings is 1. The number of aromatic nitrogens is 2. The smallest absolute Gasteiger partial charge is 0.222 e. The SMILES string of the molecule is Cc1ccc(CN2CCC3(CC2)C[C@H](Nc2ncccn2)CCO3)s1. The molecular weight excluding hydrogens is 332 g/mol. The number of hydrogen-bond donors (Lipinski definition) is 1. The van der Waals surface area contributed by atoms with Gasteiger partial charge in [0.15, 0.2) is 0 Å². The van der Waals surface area contributed by atoms with Gasteiger partial charge in [-0.1, -0.05) is 0 Å². The lowest BCUT2D eigenvalue weighted by Crippen LogP contribution is -2.51. The predicted octanol–water partition coefficient (Wildman–Crippen LogP) is 3.47. The Labute approximate surface area is 153 Å². The first kappa shape index (κ1) is 16.9. The normalized spacial score (nSPS) is 23.6. The van der Waals surface area contributed by atoms with Crippen LogP contribution < -0.4 is 5.32 Å². The van der Waals surface area contributed by atoms with Crippen molar-refractivity contribution in [1.29, 1.82) is 0 Å². The highest BCUT2D eigenvalue weighted by atomic mass is 32.1. The van der Waals surface area contributed by atoms with Gasteiger partial charge in [-0.2, -0.15) is 0 Å². The maximum absolute atomic E-state index is 6.27. The first-order valence-electron chi connectivity index (χ1n) is 9.16. The summed E-state index contributed by atoms with van der Waals surface area (Å²) in [6.07, 6.45) is 7.89. The Morgan fingerprint density at radius 2 is 2.08 bits per heavy atom. The Morgan fingerprint density at radius 3 is 2.80 bits per heavy atom. The Hall–Kier alpha value is -1.50. The Balaban J connectivity index is 1.32. The number of nitrogens with zero attached hydrogens (tertiary/aromatic N) is 3. The minimum Gasteiger partial charge on any atom is -0.375 e. The van der Waals surface area contributed by atoms with Gasteiger partial charge in [0.1, 0.15) is 0 Å². The fraction of sp³-hybridized carbons (Fsp3) is 0.579. The van der Waals surface area contributed by atoms with Crippen LogP contribution in [0.2, 0.25) is 0 Å². The largest absolute Gasteiger partial charge is 0.375 e. The van der Waals surface area contributed by atoms with Crippen molar-refractivity contribution in [3.05, 3.63) is 40.3 Å². The summed E-state index contributed by atoms with van der Waals surface area (Å²) in [6.45, 7) is 6.32. The quantitative estimate of drug-likeness (QED) is 0.907. The molecule has 5 nitrogen and oxygen atoms in total. The second-order valence-corrected chi connectivity index (χ2v) is 8.60. The average molecular weight is 359 g/mol. The van der Waals surface area contributed by atoms with Crippen molar-refractivity contribution in [3.8, 4) is 0 Å². The molecule has 25 heavy (non-hydrogen) atoms. The third-order valence-electron chi connectivity index (χ3n) is 5.33. The summed E-state index contributed by atoms with van der Waals surface area (Å²) in [4.78, 5) is 14.0. The highest BCUT2D eigenvalue weighted by Gasteiger charge is 2.40. The molecule has 4 heterocycles. The van der Waals surface area contributed by atoms with E-state index in [1.165, 1.54) is 9.75 Å². The van der Waals surface area contributed by atoms with Crippen LogP contribution in [0.5, 0.6) is 0 Å². The van der Waals surface area contributed by atoms with E-state index >= 15 is 0 Å². The molecule has 1 atom stereocenters. The van der Waals surface area contributed by atoms with Crippen LogP contribution in [0.3, 0.4) is 0 Å².